The molecule has 0 aromatic heterocycles. The summed E-state index contributed by atoms with van der Waals surface area (Å²) >= 11 is 0.618. The van der Waals surface area contributed by atoms with Crippen molar-refractivity contribution in [2.45, 2.75) is 51.5 Å². The fourth-order valence-corrected chi connectivity index (χ4v) is 7.83. The summed E-state index contributed by atoms with van der Waals surface area (Å²) in [6.45, 7) is 6.55. The molecule has 0 saturated heterocycles. The molecule has 0 unspecified atom stereocenters. The molecule has 9 nitrogen and oxygen atoms in total. The van der Waals surface area contributed by atoms with Crippen LogP contribution in [0.4, 0.5) is 0 Å². The van der Waals surface area contributed by atoms with Crippen molar-refractivity contribution in [3.05, 3.63) is 26.5 Å². The molecule has 0 aromatic rings. The molecule has 1 radical (unpaired) electrons. The number of sulfone groups is 1. The van der Waals surface area contributed by atoms with Crippen molar-refractivity contribution in [3.8, 4) is 0 Å². The zero-order chi connectivity index (χ0) is 21.3. The van der Waals surface area contributed by atoms with Gasteiger partial charge in [-0.25, -0.2) is 21.6 Å². The second-order valence-electron chi connectivity index (χ2n) is 6.33. The summed E-state index contributed by atoms with van der Waals surface area (Å²) < 4.78 is 56.8. The molecule has 0 aromatic carbocycles. The third-order valence-corrected chi connectivity index (χ3v) is 10.0. The number of esters is 1. The van der Waals surface area contributed by atoms with Crippen LogP contribution in [0.1, 0.15) is 34.1 Å². The van der Waals surface area contributed by atoms with Gasteiger partial charge in [0.25, 0.3) is 15.9 Å². The highest BCUT2D eigenvalue weighted by Gasteiger charge is 2.44. The van der Waals surface area contributed by atoms with Crippen LogP contribution in [0.2, 0.25) is 0 Å². The number of likely N-dealkylation sites (N-methyl/N-ethyl adjacent to an activating group) is 1. The highest BCUT2D eigenvalue weighted by atomic mass is 32.3. The van der Waals surface area contributed by atoms with Gasteiger partial charge in [-0.15, -0.1) is 0 Å². The number of hydrogen-bond acceptors (Lipinski definition) is 9. The van der Waals surface area contributed by atoms with E-state index in [-0.39, 0.29) is 8.47 Å². The first-order valence-corrected chi connectivity index (χ1v) is 12.4. The largest absolute Gasteiger partial charge is 0.452 e. The lowest BCUT2D eigenvalue weighted by atomic mass is 10.0. The van der Waals surface area contributed by atoms with E-state index in [4.69, 9.17) is 4.74 Å². The monoisotopic (exact) mass is 451 g/mol. The molecule has 157 valence electrons. The highest BCUT2D eigenvalue weighted by Crippen LogP contribution is 2.47. The number of rotatable bonds is 7. The summed E-state index contributed by atoms with van der Waals surface area (Å²) in [7, 11) is -7.97. The number of amides is 1. The fraction of sp³-hybridized carbons (Fsp3) is 0.562. The van der Waals surface area contributed by atoms with Crippen LogP contribution in [-0.2, 0) is 34.2 Å². The van der Waals surface area contributed by atoms with Crippen LogP contribution < -0.4 is 10.0 Å². The number of carbonyl (C=O) groups is 2. The summed E-state index contributed by atoms with van der Waals surface area (Å²) in [6, 6.07) is -0.562. The Bertz CT molecular complexity index is 935. The molecule has 2 aliphatic rings. The van der Waals surface area contributed by atoms with Gasteiger partial charge in [0.1, 0.15) is 8.47 Å². The lowest BCUT2D eigenvalue weighted by molar-refractivity contribution is -0.150. The zero-order valence-corrected chi connectivity index (χ0v) is 18.3. The van der Waals surface area contributed by atoms with Crippen LogP contribution in [0.25, 0.3) is 0 Å². The standard InChI is InChI=1S/C16H23N2O7S3/c1-5-13(19)25-10(4)15(20)18-28(23,24)14-8-12(17-6-2)11-7-9(3)27(21,22)16(11)26-14/h5,8-10,12,17H,6-7H2,1-4H3,(H,18,20)/t9-,10-,12-/m0/s1. The molecule has 2 N–H and O–H groups in total. The SMILES string of the molecule is C[CH]C(=O)O[C@@H](C)C(=O)NS(=O)(=O)C1=C[C@H](NCC)C2=C(S1)S(=O)(=O)[C@@H](C)C2. The predicted molar refractivity (Wildman–Crippen MR) is 106 cm³/mol. The van der Waals surface area contributed by atoms with Crippen molar-refractivity contribution >= 4 is 43.5 Å². The van der Waals surface area contributed by atoms with E-state index in [1.54, 1.807) is 6.92 Å². The van der Waals surface area contributed by atoms with Gasteiger partial charge in [0.05, 0.1) is 17.7 Å². The third kappa shape index (κ3) is 4.61. The van der Waals surface area contributed by atoms with Crippen LogP contribution >= 0.6 is 11.8 Å². The van der Waals surface area contributed by atoms with Crippen LogP contribution in [0.15, 0.2) is 20.1 Å². The van der Waals surface area contributed by atoms with Crippen molar-refractivity contribution in [1.29, 1.82) is 0 Å². The molecule has 2 heterocycles. The van der Waals surface area contributed by atoms with Crippen LogP contribution in [-0.4, -0.2) is 52.7 Å². The Hall–Kier alpha value is -1.37. The van der Waals surface area contributed by atoms with E-state index in [1.807, 2.05) is 11.6 Å². The van der Waals surface area contributed by atoms with Gasteiger partial charge in [0, 0.05) is 0 Å². The van der Waals surface area contributed by atoms with Crippen LogP contribution in [0.3, 0.4) is 0 Å². The average molecular weight is 452 g/mol. The predicted octanol–water partition coefficient (Wildman–Crippen LogP) is 0.573. The molecule has 1 amide bonds. The Morgan fingerprint density at radius 3 is 2.64 bits per heavy atom. The molecule has 2 rings (SSSR count). The van der Waals surface area contributed by atoms with Crippen LogP contribution in [0.5, 0.6) is 0 Å². The molecule has 0 saturated carbocycles. The van der Waals surface area contributed by atoms with Gasteiger partial charge >= 0.3 is 5.97 Å². The van der Waals surface area contributed by atoms with Crippen molar-refractivity contribution in [3.63, 3.8) is 0 Å². The number of nitrogens with one attached hydrogen (secondary N) is 2. The van der Waals surface area contributed by atoms with Crippen molar-refractivity contribution in [2.24, 2.45) is 0 Å². The fourth-order valence-electron chi connectivity index (χ4n) is 2.72. The van der Waals surface area contributed by atoms with E-state index in [2.05, 4.69) is 5.32 Å². The number of hydrogen-bond donors (Lipinski definition) is 2. The summed E-state index contributed by atoms with van der Waals surface area (Å²) in [5, 5.41) is 2.43. The Balaban J connectivity index is 2.27. The first-order chi connectivity index (χ1) is 12.9. The number of sulfonamides is 1. The average Bonchev–Trinajstić information content (AvgIpc) is 2.84. The van der Waals surface area contributed by atoms with Gasteiger partial charge in [0.2, 0.25) is 0 Å². The minimum Gasteiger partial charge on any atom is -0.452 e. The van der Waals surface area contributed by atoms with Gasteiger partial charge < -0.3 is 10.1 Å². The Labute approximate surface area is 169 Å². The summed E-state index contributed by atoms with van der Waals surface area (Å²) in [6.07, 6.45) is 1.48. The quantitative estimate of drug-likeness (QED) is 0.532. The van der Waals surface area contributed by atoms with Crippen molar-refractivity contribution in [2.75, 3.05) is 6.54 Å². The lowest BCUT2D eigenvalue weighted by Gasteiger charge is -2.23. The maximum atomic E-state index is 12.7. The minimum atomic E-state index is -4.34. The smallest absolute Gasteiger partial charge is 0.310 e. The second-order valence-corrected chi connectivity index (χ2v) is 11.9. The normalized spacial score (nSPS) is 24.9. The van der Waals surface area contributed by atoms with E-state index in [0.29, 0.717) is 30.3 Å². The molecular formula is C16H23N2O7S3. The molecular weight excluding hydrogens is 428 g/mol. The minimum absolute atomic E-state index is 0.0151. The lowest BCUT2D eigenvalue weighted by Crippen LogP contribution is -2.40. The molecule has 0 bridgehead atoms. The molecule has 12 heteroatoms. The molecule has 0 aliphatic carbocycles. The highest BCUT2D eigenvalue weighted by molar-refractivity contribution is 8.28. The van der Waals surface area contributed by atoms with Crippen molar-refractivity contribution in [1.82, 2.24) is 10.0 Å². The second kappa shape index (κ2) is 8.56. The van der Waals surface area contributed by atoms with Crippen molar-refractivity contribution < 1.29 is 31.2 Å². The van der Waals surface area contributed by atoms with E-state index >= 15 is 0 Å². The summed E-state index contributed by atoms with van der Waals surface area (Å²) in [5.41, 5.74) is 0.630. The van der Waals surface area contributed by atoms with E-state index in [0.717, 1.165) is 6.42 Å². The maximum Gasteiger partial charge on any atom is 0.310 e. The molecule has 0 spiro atoms. The van der Waals surface area contributed by atoms with E-state index < -0.39 is 49.1 Å². The number of thioether (sulfide) groups is 1. The van der Waals surface area contributed by atoms with E-state index in [1.165, 1.54) is 19.9 Å². The maximum absolute atomic E-state index is 12.7. The van der Waals surface area contributed by atoms with Gasteiger partial charge in [-0.2, -0.15) is 0 Å². The number of ether oxygens (including phenoxy) is 1. The Morgan fingerprint density at radius 1 is 1.43 bits per heavy atom. The Kier molecular flexibility index (Phi) is 7.00. The number of carbonyl (C=O) groups excluding carboxylic acids is 2. The summed E-state index contributed by atoms with van der Waals surface area (Å²) in [5.74, 6) is -1.79. The zero-order valence-electron chi connectivity index (χ0n) is 15.9. The molecule has 3 atom stereocenters. The van der Waals surface area contributed by atoms with Gasteiger partial charge in [0.15, 0.2) is 15.9 Å². The first-order valence-electron chi connectivity index (χ1n) is 8.60. The molecule has 2 aliphatic heterocycles. The van der Waals surface area contributed by atoms with Gasteiger partial charge in [-0.1, -0.05) is 25.6 Å². The first kappa shape index (κ1) is 22.9. The molecule has 28 heavy (non-hydrogen) atoms. The van der Waals surface area contributed by atoms with Crippen LogP contribution in [0, 0.1) is 6.42 Å². The summed E-state index contributed by atoms with van der Waals surface area (Å²) in [4.78, 5) is 23.3. The van der Waals surface area contributed by atoms with E-state index in [9.17, 15) is 26.4 Å². The third-order valence-electron chi connectivity index (χ3n) is 4.25. The Morgan fingerprint density at radius 2 is 2.07 bits per heavy atom. The van der Waals surface area contributed by atoms with Gasteiger partial charge in [-0.3, -0.25) is 9.59 Å². The topological polar surface area (TPSA) is 136 Å². The van der Waals surface area contributed by atoms with Gasteiger partial charge in [-0.05, 0) is 38.5 Å². The molecule has 0 fully saturated rings.